The fourth-order valence-corrected chi connectivity index (χ4v) is 1.35. The molecule has 0 spiro atoms. The van der Waals surface area contributed by atoms with Crippen LogP contribution in [0.25, 0.3) is 0 Å². The Morgan fingerprint density at radius 1 is 1.38 bits per heavy atom. The van der Waals surface area contributed by atoms with Gasteiger partial charge in [-0.05, 0) is 11.5 Å². The molecular weight excluding hydrogens is 164 g/mol. The molecule has 13 heavy (non-hydrogen) atoms. The highest BCUT2D eigenvalue weighted by molar-refractivity contribution is 5.41. The fourth-order valence-electron chi connectivity index (χ4n) is 1.35. The van der Waals surface area contributed by atoms with Gasteiger partial charge in [-0.25, -0.2) is 0 Å². The van der Waals surface area contributed by atoms with Gasteiger partial charge >= 0.3 is 0 Å². The smallest absolute Gasteiger partial charge is 0.124 e. The van der Waals surface area contributed by atoms with Gasteiger partial charge in [-0.2, -0.15) is 0 Å². The molecular formula is C11H16O2. The summed E-state index contributed by atoms with van der Waals surface area (Å²) in [5, 5.41) is 9.81. The van der Waals surface area contributed by atoms with Gasteiger partial charge in [-0.3, -0.25) is 0 Å². The van der Waals surface area contributed by atoms with Gasteiger partial charge in [0.25, 0.3) is 0 Å². The number of ether oxygens (including phenoxy) is 1. The summed E-state index contributed by atoms with van der Waals surface area (Å²) in [5.74, 6) is 0.719. The molecule has 0 bridgehead atoms. The van der Waals surface area contributed by atoms with Crippen LogP contribution in [-0.4, -0.2) is 12.2 Å². The normalized spacial score (nSPS) is 10.8. The molecule has 0 heterocycles. The van der Waals surface area contributed by atoms with E-state index in [4.69, 9.17) is 4.74 Å². The number of hydrogen-bond donors (Lipinski definition) is 1. The molecule has 0 aliphatic heterocycles. The van der Waals surface area contributed by atoms with Crippen LogP contribution < -0.4 is 0 Å². The van der Waals surface area contributed by atoms with E-state index >= 15 is 0 Å². The molecule has 0 unspecified atom stereocenters. The average Bonchev–Trinajstić information content (AvgIpc) is 2.08. The molecule has 0 aromatic heterocycles. The van der Waals surface area contributed by atoms with Crippen molar-refractivity contribution in [2.45, 2.75) is 26.4 Å². The summed E-state index contributed by atoms with van der Waals surface area (Å²) in [4.78, 5) is 0. The van der Waals surface area contributed by atoms with E-state index in [1.165, 1.54) is 0 Å². The number of methoxy groups -OCH3 is 1. The van der Waals surface area contributed by atoms with Crippen LogP contribution in [0.4, 0.5) is 0 Å². The number of phenols is 1. The molecule has 0 radical (unpaired) electrons. The van der Waals surface area contributed by atoms with Crippen molar-refractivity contribution >= 4 is 0 Å². The predicted octanol–water partition coefficient (Wildman–Crippen LogP) is 2.66. The Bertz CT molecular complexity index is 279. The standard InChI is InChI=1S/C11H16O2/c1-8(2)10-6-4-5-9(7-13-3)11(10)12/h4-6,8,12H,7H2,1-3H3. The maximum absolute atomic E-state index is 9.81. The highest BCUT2D eigenvalue weighted by Crippen LogP contribution is 2.28. The van der Waals surface area contributed by atoms with Gasteiger partial charge in [0.1, 0.15) is 5.75 Å². The summed E-state index contributed by atoms with van der Waals surface area (Å²) in [6.07, 6.45) is 0. The van der Waals surface area contributed by atoms with E-state index in [0.717, 1.165) is 11.1 Å². The average molecular weight is 180 g/mol. The van der Waals surface area contributed by atoms with E-state index in [1.54, 1.807) is 7.11 Å². The van der Waals surface area contributed by atoms with E-state index in [-0.39, 0.29) is 0 Å². The zero-order valence-electron chi connectivity index (χ0n) is 8.37. The molecule has 0 atom stereocenters. The molecule has 1 aromatic rings. The van der Waals surface area contributed by atoms with Gasteiger partial charge in [-0.1, -0.05) is 32.0 Å². The van der Waals surface area contributed by atoms with Crippen molar-refractivity contribution in [1.82, 2.24) is 0 Å². The Morgan fingerprint density at radius 2 is 2.08 bits per heavy atom. The topological polar surface area (TPSA) is 29.5 Å². The van der Waals surface area contributed by atoms with Crippen LogP contribution >= 0.6 is 0 Å². The highest BCUT2D eigenvalue weighted by Gasteiger charge is 2.08. The molecule has 1 rings (SSSR count). The summed E-state index contributed by atoms with van der Waals surface area (Å²) < 4.78 is 4.98. The highest BCUT2D eigenvalue weighted by atomic mass is 16.5. The zero-order chi connectivity index (χ0) is 9.84. The van der Waals surface area contributed by atoms with Crippen LogP contribution in [0, 0.1) is 0 Å². The van der Waals surface area contributed by atoms with E-state index in [1.807, 2.05) is 18.2 Å². The van der Waals surface area contributed by atoms with Crippen molar-refractivity contribution in [1.29, 1.82) is 0 Å². The van der Waals surface area contributed by atoms with Crippen LogP contribution in [0.5, 0.6) is 5.75 Å². The maximum Gasteiger partial charge on any atom is 0.124 e. The lowest BCUT2D eigenvalue weighted by Gasteiger charge is -2.11. The minimum atomic E-state index is 0.344. The van der Waals surface area contributed by atoms with Crippen molar-refractivity contribution in [2.24, 2.45) is 0 Å². The van der Waals surface area contributed by atoms with E-state index in [0.29, 0.717) is 18.3 Å². The second kappa shape index (κ2) is 4.28. The SMILES string of the molecule is COCc1cccc(C(C)C)c1O. The molecule has 2 nitrogen and oxygen atoms in total. The Kier molecular flexibility index (Phi) is 3.32. The van der Waals surface area contributed by atoms with Gasteiger partial charge in [0.15, 0.2) is 0 Å². The van der Waals surface area contributed by atoms with Crippen LogP contribution in [0.1, 0.15) is 30.9 Å². The third kappa shape index (κ3) is 2.22. The van der Waals surface area contributed by atoms with Gasteiger partial charge < -0.3 is 9.84 Å². The zero-order valence-corrected chi connectivity index (χ0v) is 8.37. The van der Waals surface area contributed by atoms with Gasteiger partial charge in [0.2, 0.25) is 0 Å². The van der Waals surface area contributed by atoms with E-state index in [2.05, 4.69) is 13.8 Å². The van der Waals surface area contributed by atoms with Crippen LogP contribution in [0.2, 0.25) is 0 Å². The van der Waals surface area contributed by atoms with Gasteiger partial charge in [-0.15, -0.1) is 0 Å². The minimum Gasteiger partial charge on any atom is -0.507 e. The molecule has 2 heteroatoms. The van der Waals surface area contributed by atoms with Crippen molar-refractivity contribution < 1.29 is 9.84 Å². The van der Waals surface area contributed by atoms with Crippen molar-refractivity contribution in [3.05, 3.63) is 29.3 Å². The van der Waals surface area contributed by atoms with Crippen LogP contribution in [-0.2, 0) is 11.3 Å². The third-order valence-corrected chi connectivity index (χ3v) is 2.07. The Labute approximate surface area is 79.2 Å². The Hall–Kier alpha value is -1.02. The number of para-hydroxylation sites is 1. The molecule has 0 saturated carbocycles. The summed E-state index contributed by atoms with van der Waals surface area (Å²) >= 11 is 0. The fraction of sp³-hybridized carbons (Fsp3) is 0.455. The second-order valence-electron chi connectivity index (χ2n) is 3.44. The number of aromatic hydroxyl groups is 1. The molecule has 0 saturated heterocycles. The number of benzene rings is 1. The molecule has 1 aromatic carbocycles. The summed E-state index contributed by atoms with van der Waals surface area (Å²) in [6, 6.07) is 5.77. The minimum absolute atomic E-state index is 0.344. The number of phenolic OH excluding ortho intramolecular Hbond substituents is 1. The summed E-state index contributed by atoms with van der Waals surface area (Å²) in [7, 11) is 1.63. The third-order valence-electron chi connectivity index (χ3n) is 2.07. The molecule has 0 aliphatic rings. The number of hydrogen-bond acceptors (Lipinski definition) is 2. The van der Waals surface area contributed by atoms with Crippen LogP contribution in [0.3, 0.4) is 0 Å². The first kappa shape index (κ1) is 10.1. The predicted molar refractivity (Wildman–Crippen MR) is 52.9 cm³/mol. The molecule has 0 fully saturated rings. The quantitative estimate of drug-likeness (QED) is 0.774. The summed E-state index contributed by atoms with van der Waals surface area (Å²) in [6.45, 7) is 4.59. The van der Waals surface area contributed by atoms with Crippen molar-refractivity contribution in [2.75, 3.05) is 7.11 Å². The maximum atomic E-state index is 9.81. The van der Waals surface area contributed by atoms with Crippen molar-refractivity contribution in [3.63, 3.8) is 0 Å². The lowest BCUT2D eigenvalue weighted by molar-refractivity contribution is 0.182. The Morgan fingerprint density at radius 3 is 2.62 bits per heavy atom. The molecule has 0 aliphatic carbocycles. The number of rotatable bonds is 3. The Balaban J connectivity index is 3.03. The van der Waals surface area contributed by atoms with Crippen molar-refractivity contribution in [3.8, 4) is 5.75 Å². The second-order valence-corrected chi connectivity index (χ2v) is 3.44. The largest absolute Gasteiger partial charge is 0.507 e. The lowest BCUT2D eigenvalue weighted by Crippen LogP contribution is -1.94. The monoisotopic (exact) mass is 180 g/mol. The molecule has 0 amide bonds. The first-order valence-electron chi connectivity index (χ1n) is 4.46. The first-order valence-corrected chi connectivity index (χ1v) is 4.46. The van der Waals surface area contributed by atoms with E-state index < -0.39 is 0 Å². The molecule has 1 N–H and O–H groups in total. The lowest BCUT2D eigenvalue weighted by atomic mass is 9.99. The van der Waals surface area contributed by atoms with E-state index in [9.17, 15) is 5.11 Å². The van der Waals surface area contributed by atoms with Gasteiger partial charge in [0.05, 0.1) is 6.61 Å². The first-order chi connectivity index (χ1) is 6.16. The summed E-state index contributed by atoms with van der Waals surface area (Å²) in [5.41, 5.74) is 1.84. The van der Waals surface area contributed by atoms with Crippen LogP contribution in [0.15, 0.2) is 18.2 Å². The van der Waals surface area contributed by atoms with Gasteiger partial charge in [0, 0.05) is 12.7 Å². The molecule has 72 valence electrons.